The number of hydrogen-bond donors (Lipinski definition) is 2. The van der Waals surface area contributed by atoms with Crippen LogP contribution in [0.15, 0.2) is 47.3 Å². The van der Waals surface area contributed by atoms with Crippen LogP contribution >= 0.6 is 11.3 Å². The summed E-state index contributed by atoms with van der Waals surface area (Å²) in [6.07, 6.45) is 1.04. The van der Waals surface area contributed by atoms with Crippen molar-refractivity contribution in [2.75, 3.05) is 16.3 Å². The van der Waals surface area contributed by atoms with Crippen molar-refractivity contribution in [1.29, 1.82) is 0 Å². The minimum absolute atomic E-state index is 0.0713. The first-order valence-corrected chi connectivity index (χ1v) is 9.92. The Morgan fingerprint density at radius 2 is 1.88 bits per heavy atom. The van der Waals surface area contributed by atoms with Gasteiger partial charge in [-0.15, -0.1) is 0 Å². The number of fused-ring (bicyclic) bond motifs is 1. The van der Waals surface area contributed by atoms with Gasteiger partial charge < -0.3 is 9.88 Å². The van der Waals surface area contributed by atoms with E-state index in [1.807, 2.05) is 0 Å². The number of anilines is 2. The van der Waals surface area contributed by atoms with E-state index in [1.54, 1.807) is 48.0 Å². The SMILES string of the molecule is Cn1c(=O)sc2cc(NC(=O)c3cccc(NS(C)(=O)=O)c3)ccc21. The molecule has 0 aliphatic carbocycles. The molecule has 0 fully saturated rings. The first-order chi connectivity index (χ1) is 11.7. The second-order valence-electron chi connectivity index (χ2n) is 5.52. The number of aromatic nitrogens is 1. The van der Waals surface area contributed by atoms with Gasteiger partial charge in [0.15, 0.2) is 0 Å². The molecule has 0 radical (unpaired) electrons. The van der Waals surface area contributed by atoms with Crippen LogP contribution in [0.2, 0.25) is 0 Å². The van der Waals surface area contributed by atoms with E-state index in [2.05, 4.69) is 10.0 Å². The normalized spacial score (nSPS) is 11.4. The van der Waals surface area contributed by atoms with Gasteiger partial charge in [0.2, 0.25) is 10.0 Å². The molecular weight excluding hydrogens is 362 g/mol. The Balaban J connectivity index is 1.85. The molecule has 0 saturated carbocycles. The highest BCUT2D eigenvalue weighted by Gasteiger charge is 2.10. The monoisotopic (exact) mass is 377 g/mol. The van der Waals surface area contributed by atoms with E-state index >= 15 is 0 Å². The molecule has 25 heavy (non-hydrogen) atoms. The van der Waals surface area contributed by atoms with Gasteiger partial charge >= 0.3 is 4.87 Å². The Morgan fingerprint density at radius 3 is 2.60 bits per heavy atom. The Morgan fingerprint density at radius 1 is 1.12 bits per heavy atom. The van der Waals surface area contributed by atoms with Crippen molar-refractivity contribution in [2.24, 2.45) is 7.05 Å². The highest BCUT2D eigenvalue weighted by molar-refractivity contribution is 7.92. The zero-order chi connectivity index (χ0) is 18.2. The number of sulfonamides is 1. The third-order valence-electron chi connectivity index (χ3n) is 3.48. The molecule has 1 aromatic heterocycles. The van der Waals surface area contributed by atoms with Gasteiger partial charge in [-0.3, -0.25) is 14.3 Å². The summed E-state index contributed by atoms with van der Waals surface area (Å²) in [5.41, 5.74) is 1.98. The molecule has 0 bridgehead atoms. The number of aryl methyl sites for hydroxylation is 1. The number of carbonyl (C=O) groups is 1. The Labute approximate surface area is 148 Å². The molecule has 0 unspecified atom stereocenters. The van der Waals surface area contributed by atoms with Crippen molar-refractivity contribution in [3.8, 4) is 0 Å². The third-order valence-corrected chi connectivity index (χ3v) is 5.08. The number of hydrogen-bond acceptors (Lipinski definition) is 5. The highest BCUT2D eigenvalue weighted by Crippen LogP contribution is 2.22. The quantitative estimate of drug-likeness (QED) is 0.728. The van der Waals surface area contributed by atoms with E-state index in [1.165, 1.54) is 6.07 Å². The molecule has 2 N–H and O–H groups in total. The number of benzene rings is 2. The van der Waals surface area contributed by atoms with Gasteiger partial charge in [-0.25, -0.2) is 8.42 Å². The van der Waals surface area contributed by atoms with E-state index in [0.29, 0.717) is 16.9 Å². The van der Waals surface area contributed by atoms with Gasteiger partial charge in [0.1, 0.15) is 0 Å². The maximum atomic E-state index is 12.4. The van der Waals surface area contributed by atoms with Crippen LogP contribution in [0.5, 0.6) is 0 Å². The second kappa shape index (κ2) is 6.34. The van der Waals surface area contributed by atoms with E-state index in [9.17, 15) is 18.0 Å². The van der Waals surface area contributed by atoms with E-state index in [-0.39, 0.29) is 10.8 Å². The summed E-state index contributed by atoms with van der Waals surface area (Å²) in [6.45, 7) is 0. The van der Waals surface area contributed by atoms with Gasteiger partial charge in [0.05, 0.1) is 16.5 Å². The van der Waals surface area contributed by atoms with E-state index < -0.39 is 10.0 Å². The van der Waals surface area contributed by atoms with Crippen LogP contribution in [0, 0.1) is 0 Å². The van der Waals surface area contributed by atoms with Crippen molar-refractivity contribution in [1.82, 2.24) is 4.57 Å². The summed E-state index contributed by atoms with van der Waals surface area (Å²) in [6, 6.07) is 11.4. The largest absolute Gasteiger partial charge is 0.322 e. The highest BCUT2D eigenvalue weighted by atomic mass is 32.2. The summed E-state index contributed by atoms with van der Waals surface area (Å²) in [7, 11) is -1.72. The van der Waals surface area contributed by atoms with Crippen LogP contribution < -0.4 is 14.9 Å². The van der Waals surface area contributed by atoms with E-state index in [0.717, 1.165) is 27.8 Å². The molecule has 130 valence electrons. The Hall–Kier alpha value is -2.65. The Kier molecular flexibility index (Phi) is 4.36. The van der Waals surface area contributed by atoms with E-state index in [4.69, 9.17) is 0 Å². The van der Waals surface area contributed by atoms with Gasteiger partial charge in [-0.05, 0) is 36.4 Å². The van der Waals surface area contributed by atoms with Gasteiger partial charge in [0.25, 0.3) is 5.91 Å². The minimum atomic E-state index is -3.42. The molecule has 3 rings (SSSR count). The molecule has 0 saturated heterocycles. The maximum absolute atomic E-state index is 12.4. The van der Waals surface area contributed by atoms with Crippen LogP contribution in [0.3, 0.4) is 0 Å². The van der Waals surface area contributed by atoms with Gasteiger partial charge in [-0.1, -0.05) is 17.4 Å². The summed E-state index contributed by atoms with van der Waals surface area (Å²) >= 11 is 1.10. The number of rotatable bonds is 4. The number of nitrogens with zero attached hydrogens (tertiary/aromatic N) is 1. The van der Waals surface area contributed by atoms with Crippen molar-refractivity contribution >= 4 is 48.9 Å². The summed E-state index contributed by atoms with van der Waals surface area (Å²) in [5.74, 6) is -0.375. The average Bonchev–Trinajstić information content (AvgIpc) is 2.80. The fourth-order valence-corrected chi connectivity index (χ4v) is 3.83. The van der Waals surface area contributed by atoms with Crippen molar-refractivity contribution in [3.63, 3.8) is 0 Å². The molecule has 9 heteroatoms. The number of amides is 1. The second-order valence-corrected chi connectivity index (χ2v) is 8.26. The zero-order valence-corrected chi connectivity index (χ0v) is 15.1. The molecule has 0 aliphatic heterocycles. The maximum Gasteiger partial charge on any atom is 0.307 e. The topological polar surface area (TPSA) is 97.3 Å². The molecule has 1 amide bonds. The lowest BCUT2D eigenvalue weighted by Gasteiger charge is -2.08. The van der Waals surface area contributed by atoms with Crippen LogP contribution in [0.4, 0.5) is 11.4 Å². The first-order valence-electron chi connectivity index (χ1n) is 7.22. The molecule has 0 aliphatic rings. The fraction of sp³-hybridized carbons (Fsp3) is 0.125. The first kappa shape index (κ1) is 17.2. The fourth-order valence-electron chi connectivity index (χ4n) is 2.35. The van der Waals surface area contributed by atoms with Crippen LogP contribution in [-0.4, -0.2) is 25.1 Å². The molecule has 7 nitrogen and oxygen atoms in total. The van der Waals surface area contributed by atoms with Crippen molar-refractivity contribution in [2.45, 2.75) is 0 Å². The summed E-state index contributed by atoms with van der Waals surface area (Å²) < 4.78 is 27.2. The number of carbonyl (C=O) groups excluding carboxylic acids is 1. The average molecular weight is 377 g/mol. The lowest BCUT2D eigenvalue weighted by atomic mass is 10.2. The molecule has 3 aromatic rings. The molecule has 2 aromatic carbocycles. The standard InChI is InChI=1S/C16H15N3O4S2/c1-19-13-7-6-11(9-14(13)24-16(19)21)17-15(20)10-4-3-5-12(8-10)18-25(2,22)23/h3-9,18H,1-2H3,(H,17,20). The zero-order valence-electron chi connectivity index (χ0n) is 13.4. The van der Waals surface area contributed by atoms with Crippen LogP contribution in [0.25, 0.3) is 10.2 Å². The van der Waals surface area contributed by atoms with Crippen LogP contribution in [0.1, 0.15) is 10.4 Å². The lowest BCUT2D eigenvalue weighted by Crippen LogP contribution is -2.13. The van der Waals surface area contributed by atoms with Gasteiger partial charge in [-0.2, -0.15) is 0 Å². The van der Waals surface area contributed by atoms with Crippen molar-refractivity contribution in [3.05, 3.63) is 57.7 Å². The van der Waals surface area contributed by atoms with Crippen molar-refractivity contribution < 1.29 is 13.2 Å². The molecular formula is C16H15N3O4S2. The summed E-state index contributed by atoms with van der Waals surface area (Å²) in [5, 5.41) is 2.75. The predicted octanol–water partition coefficient (Wildman–Crippen LogP) is 2.22. The smallest absolute Gasteiger partial charge is 0.307 e. The predicted molar refractivity (Wildman–Crippen MR) is 99.9 cm³/mol. The molecule has 0 spiro atoms. The van der Waals surface area contributed by atoms with Gasteiger partial charge in [0, 0.05) is 24.0 Å². The summed E-state index contributed by atoms with van der Waals surface area (Å²) in [4.78, 5) is 24.0. The Bertz CT molecular complexity index is 1130. The minimum Gasteiger partial charge on any atom is -0.322 e. The van der Waals surface area contributed by atoms with Crippen LogP contribution in [-0.2, 0) is 17.1 Å². The number of thiazole rings is 1. The molecule has 1 heterocycles. The number of nitrogens with one attached hydrogen (secondary N) is 2. The third kappa shape index (κ3) is 3.89. The lowest BCUT2D eigenvalue weighted by molar-refractivity contribution is 0.102. The molecule has 0 atom stereocenters.